The van der Waals surface area contributed by atoms with Crippen molar-refractivity contribution < 1.29 is 4.79 Å². The Kier molecular flexibility index (Phi) is 5.06. The van der Waals surface area contributed by atoms with Gasteiger partial charge in [-0.25, -0.2) is 4.98 Å². The van der Waals surface area contributed by atoms with Gasteiger partial charge in [0.15, 0.2) is 0 Å². The number of nitrogens with zero attached hydrogens (tertiary/aromatic N) is 2. The first-order chi connectivity index (χ1) is 12.0. The Labute approximate surface area is 156 Å². The number of carbonyl (C=O) groups is 1. The minimum absolute atomic E-state index is 0.178. The maximum atomic E-state index is 12.8. The quantitative estimate of drug-likeness (QED) is 0.694. The summed E-state index contributed by atoms with van der Waals surface area (Å²) in [6.07, 6.45) is 0. The van der Waals surface area contributed by atoms with Gasteiger partial charge in [0.2, 0.25) is 0 Å². The molecule has 1 heterocycles. The van der Waals surface area contributed by atoms with Gasteiger partial charge >= 0.3 is 0 Å². The second kappa shape index (κ2) is 7.25. The van der Waals surface area contributed by atoms with E-state index in [1.165, 1.54) is 11.3 Å². The molecule has 128 valence electrons. The maximum Gasteiger partial charge on any atom is 0.267 e. The van der Waals surface area contributed by atoms with E-state index in [0.29, 0.717) is 15.6 Å². The Morgan fingerprint density at radius 3 is 2.56 bits per heavy atom. The molecule has 0 bridgehead atoms. The van der Waals surface area contributed by atoms with Crippen LogP contribution >= 0.6 is 22.9 Å². The van der Waals surface area contributed by atoms with Gasteiger partial charge < -0.3 is 10.2 Å². The second-order valence-corrected chi connectivity index (χ2v) is 7.25. The molecule has 1 N–H and O–H groups in total. The third-order valence-electron chi connectivity index (χ3n) is 3.71. The highest BCUT2D eigenvalue weighted by atomic mass is 35.5. The van der Waals surface area contributed by atoms with Crippen molar-refractivity contribution in [3.8, 4) is 10.6 Å². The highest BCUT2D eigenvalue weighted by molar-refractivity contribution is 7.17. The van der Waals surface area contributed by atoms with E-state index < -0.39 is 0 Å². The van der Waals surface area contributed by atoms with Gasteiger partial charge in [-0.2, -0.15) is 0 Å². The van der Waals surface area contributed by atoms with Crippen LogP contribution in [0.4, 0.5) is 11.4 Å². The molecular formula is C19H18ClN3OS. The summed E-state index contributed by atoms with van der Waals surface area (Å²) in [6, 6.07) is 15.3. The Bertz CT molecular complexity index is 906. The zero-order chi connectivity index (χ0) is 18.0. The molecule has 0 saturated carbocycles. The first-order valence-corrected chi connectivity index (χ1v) is 8.96. The van der Waals surface area contributed by atoms with Gasteiger partial charge in [-0.05, 0) is 25.1 Å². The summed E-state index contributed by atoms with van der Waals surface area (Å²) in [6.45, 7) is 1.85. The molecule has 0 aliphatic carbocycles. The lowest BCUT2D eigenvalue weighted by atomic mass is 10.2. The van der Waals surface area contributed by atoms with Crippen molar-refractivity contribution in [2.45, 2.75) is 6.92 Å². The molecule has 0 atom stereocenters. The van der Waals surface area contributed by atoms with Gasteiger partial charge in [-0.15, -0.1) is 11.3 Å². The minimum atomic E-state index is -0.178. The fourth-order valence-electron chi connectivity index (χ4n) is 2.49. The second-order valence-electron chi connectivity index (χ2n) is 5.81. The molecule has 0 aliphatic heterocycles. The molecule has 1 amide bonds. The zero-order valence-electron chi connectivity index (χ0n) is 14.2. The highest BCUT2D eigenvalue weighted by Crippen LogP contribution is 2.31. The third kappa shape index (κ3) is 3.83. The van der Waals surface area contributed by atoms with Gasteiger partial charge in [-0.3, -0.25) is 4.79 Å². The molecule has 4 nitrogen and oxygen atoms in total. The Morgan fingerprint density at radius 2 is 1.88 bits per heavy atom. The van der Waals surface area contributed by atoms with Crippen molar-refractivity contribution in [1.29, 1.82) is 0 Å². The standard InChI is InChI=1S/C19H18ClN3OS/c1-12-17(25-19(21-12)13-7-5-4-6-8-13)18(24)22-15-11-14(20)9-10-16(15)23(2)3/h4-11H,1-3H3,(H,22,24). The summed E-state index contributed by atoms with van der Waals surface area (Å²) in [5.41, 5.74) is 3.29. The summed E-state index contributed by atoms with van der Waals surface area (Å²) < 4.78 is 0. The van der Waals surface area contributed by atoms with Crippen LogP contribution in [0.15, 0.2) is 48.5 Å². The molecule has 0 unspecified atom stereocenters. The summed E-state index contributed by atoms with van der Waals surface area (Å²) in [7, 11) is 3.84. The molecule has 3 rings (SSSR count). The summed E-state index contributed by atoms with van der Waals surface area (Å²) in [5.74, 6) is -0.178. The molecule has 0 aliphatic rings. The topological polar surface area (TPSA) is 45.2 Å². The number of carbonyl (C=O) groups excluding carboxylic acids is 1. The van der Waals surface area contributed by atoms with Crippen LogP contribution in [-0.4, -0.2) is 25.0 Å². The molecule has 6 heteroatoms. The SMILES string of the molecule is Cc1nc(-c2ccccc2)sc1C(=O)Nc1cc(Cl)ccc1N(C)C. The van der Waals surface area contributed by atoms with Crippen molar-refractivity contribution >= 4 is 40.2 Å². The predicted octanol–water partition coefficient (Wildman–Crippen LogP) is 5.09. The number of amides is 1. The van der Waals surface area contributed by atoms with Crippen LogP contribution in [0.3, 0.4) is 0 Å². The Hall–Kier alpha value is -2.37. The van der Waals surface area contributed by atoms with Gasteiger partial charge in [0.25, 0.3) is 5.91 Å². The van der Waals surface area contributed by atoms with Crippen LogP contribution in [0.1, 0.15) is 15.4 Å². The number of thiazole rings is 1. The Morgan fingerprint density at radius 1 is 1.16 bits per heavy atom. The van der Waals surface area contributed by atoms with E-state index in [1.54, 1.807) is 12.1 Å². The van der Waals surface area contributed by atoms with E-state index in [9.17, 15) is 4.79 Å². The van der Waals surface area contributed by atoms with Gasteiger partial charge in [0.1, 0.15) is 9.88 Å². The van der Waals surface area contributed by atoms with E-state index in [-0.39, 0.29) is 5.91 Å². The third-order valence-corrected chi connectivity index (χ3v) is 5.15. The summed E-state index contributed by atoms with van der Waals surface area (Å²) >= 11 is 7.48. The molecule has 1 aromatic heterocycles. The predicted molar refractivity (Wildman–Crippen MR) is 106 cm³/mol. The maximum absolute atomic E-state index is 12.8. The molecule has 0 saturated heterocycles. The molecular weight excluding hydrogens is 354 g/mol. The normalized spacial score (nSPS) is 10.6. The number of hydrogen-bond acceptors (Lipinski definition) is 4. The number of halogens is 1. The summed E-state index contributed by atoms with van der Waals surface area (Å²) in [5, 5.41) is 4.37. The summed E-state index contributed by atoms with van der Waals surface area (Å²) in [4.78, 5) is 19.8. The number of anilines is 2. The van der Waals surface area contributed by atoms with Gasteiger partial charge in [0.05, 0.1) is 17.1 Å². The van der Waals surface area contributed by atoms with E-state index in [0.717, 1.165) is 22.0 Å². The van der Waals surface area contributed by atoms with Crippen LogP contribution in [0.5, 0.6) is 0 Å². The van der Waals surface area contributed by atoms with E-state index in [2.05, 4.69) is 10.3 Å². The number of rotatable bonds is 4. The highest BCUT2D eigenvalue weighted by Gasteiger charge is 2.18. The average Bonchev–Trinajstić information content (AvgIpc) is 2.97. The number of aromatic nitrogens is 1. The number of nitrogens with one attached hydrogen (secondary N) is 1. The number of hydrogen-bond donors (Lipinski definition) is 1. The molecule has 3 aromatic rings. The smallest absolute Gasteiger partial charge is 0.267 e. The molecule has 0 fully saturated rings. The first-order valence-electron chi connectivity index (χ1n) is 7.77. The molecule has 0 radical (unpaired) electrons. The fourth-order valence-corrected chi connectivity index (χ4v) is 3.63. The monoisotopic (exact) mass is 371 g/mol. The van der Waals surface area contributed by atoms with Crippen molar-refractivity contribution in [1.82, 2.24) is 4.98 Å². The number of aryl methyl sites for hydroxylation is 1. The van der Waals surface area contributed by atoms with E-state index in [4.69, 9.17) is 11.6 Å². The van der Waals surface area contributed by atoms with Crippen LogP contribution < -0.4 is 10.2 Å². The largest absolute Gasteiger partial charge is 0.376 e. The zero-order valence-corrected chi connectivity index (χ0v) is 15.8. The molecule has 25 heavy (non-hydrogen) atoms. The van der Waals surface area contributed by atoms with Gasteiger partial charge in [-0.1, -0.05) is 41.9 Å². The van der Waals surface area contributed by atoms with Gasteiger partial charge in [0, 0.05) is 24.7 Å². The Balaban J connectivity index is 1.90. The van der Waals surface area contributed by atoms with Crippen molar-refractivity contribution in [2.24, 2.45) is 0 Å². The van der Waals surface area contributed by atoms with E-state index in [1.807, 2.05) is 62.3 Å². The molecule has 2 aromatic carbocycles. The first kappa shape index (κ1) is 17.5. The van der Waals surface area contributed by atoms with E-state index >= 15 is 0 Å². The van der Waals surface area contributed by atoms with Crippen LogP contribution in [0.2, 0.25) is 5.02 Å². The van der Waals surface area contributed by atoms with Crippen LogP contribution in [0.25, 0.3) is 10.6 Å². The lowest BCUT2D eigenvalue weighted by Gasteiger charge is -2.18. The van der Waals surface area contributed by atoms with Crippen molar-refractivity contribution in [2.75, 3.05) is 24.3 Å². The number of benzene rings is 2. The van der Waals surface area contributed by atoms with Crippen molar-refractivity contribution in [3.63, 3.8) is 0 Å². The fraction of sp³-hybridized carbons (Fsp3) is 0.158. The van der Waals surface area contributed by atoms with Crippen molar-refractivity contribution in [3.05, 3.63) is 64.1 Å². The van der Waals surface area contributed by atoms with Crippen LogP contribution in [-0.2, 0) is 0 Å². The minimum Gasteiger partial charge on any atom is -0.376 e. The lowest BCUT2D eigenvalue weighted by Crippen LogP contribution is -2.16. The molecule has 0 spiro atoms. The van der Waals surface area contributed by atoms with Crippen LogP contribution in [0, 0.1) is 6.92 Å². The lowest BCUT2D eigenvalue weighted by molar-refractivity contribution is 0.103. The average molecular weight is 372 g/mol.